The summed E-state index contributed by atoms with van der Waals surface area (Å²) in [6.07, 6.45) is 3.69. The van der Waals surface area contributed by atoms with Crippen LogP contribution in [0, 0.1) is 25.7 Å². The summed E-state index contributed by atoms with van der Waals surface area (Å²) in [4.78, 5) is 6.96. The molecule has 0 radical (unpaired) electrons. The third-order valence-corrected chi connectivity index (χ3v) is 6.38. The summed E-state index contributed by atoms with van der Waals surface area (Å²) in [5.41, 5.74) is 3.86. The van der Waals surface area contributed by atoms with Crippen LogP contribution in [0.25, 0.3) is 0 Å². The van der Waals surface area contributed by atoms with Crippen LogP contribution in [0.1, 0.15) is 35.2 Å². The van der Waals surface area contributed by atoms with Gasteiger partial charge in [-0.25, -0.2) is 0 Å². The number of rotatable bonds is 4. The SMILES string of the molecule is COc1cc(C)c(CN2C[C@@H]3CC[C@@](O)(c4ccccn4)[C@@H]3C2)cc1C. The summed E-state index contributed by atoms with van der Waals surface area (Å²) in [5.74, 6) is 1.78. The summed E-state index contributed by atoms with van der Waals surface area (Å²) in [5, 5.41) is 11.4. The first-order chi connectivity index (χ1) is 12.5. The van der Waals surface area contributed by atoms with Gasteiger partial charge in [-0.3, -0.25) is 9.88 Å². The zero-order valence-corrected chi connectivity index (χ0v) is 15.9. The van der Waals surface area contributed by atoms with Crippen molar-refractivity contribution < 1.29 is 9.84 Å². The molecule has 0 spiro atoms. The van der Waals surface area contributed by atoms with E-state index >= 15 is 0 Å². The smallest absolute Gasteiger partial charge is 0.122 e. The Kier molecular flexibility index (Phi) is 4.49. The fourth-order valence-corrected chi connectivity index (χ4v) is 4.93. The first-order valence-electron chi connectivity index (χ1n) is 9.51. The van der Waals surface area contributed by atoms with E-state index in [0.29, 0.717) is 5.92 Å². The highest BCUT2D eigenvalue weighted by molar-refractivity contribution is 5.41. The average molecular weight is 352 g/mol. The third kappa shape index (κ3) is 2.91. The van der Waals surface area contributed by atoms with Crippen molar-refractivity contribution in [3.63, 3.8) is 0 Å². The number of nitrogens with zero attached hydrogens (tertiary/aromatic N) is 2. The van der Waals surface area contributed by atoms with E-state index in [-0.39, 0.29) is 5.92 Å². The van der Waals surface area contributed by atoms with Crippen LogP contribution in [0.5, 0.6) is 5.75 Å². The van der Waals surface area contributed by atoms with Crippen molar-refractivity contribution in [3.8, 4) is 5.75 Å². The van der Waals surface area contributed by atoms with E-state index in [1.165, 1.54) is 16.7 Å². The lowest BCUT2D eigenvalue weighted by Crippen LogP contribution is -2.35. The van der Waals surface area contributed by atoms with Gasteiger partial charge in [-0.05, 0) is 67.5 Å². The quantitative estimate of drug-likeness (QED) is 0.916. The molecule has 1 N–H and O–H groups in total. The molecule has 2 aliphatic rings. The van der Waals surface area contributed by atoms with Gasteiger partial charge >= 0.3 is 0 Å². The number of ether oxygens (including phenoxy) is 1. The highest BCUT2D eigenvalue weighted by atomic mass is 16.5. The number of benzene rings is 1. The number of aliphatic hydroxyl groups is 1. The molecule has 2 heterocycles. The van der Waals surface area contributed by atoms with Gasteiger partial charge in [-0.15, -0.1) is 0 Å². The zero-order chi connectivity index (χ0) is 18.3. The zero-order valence-electron chi connectivity index (χ0n) is 15.9. The van der Waals surface area contributed by atoms with Gasteiger partial charge in [0.1, 0.15) is 11.4 Å². The highest BCUT2D eigenvalue weighted by Crippen LogP contribution is 2.50. The van der Waals surface area contributed by atoms with Crippen molar-refractivity contribution in [3.05, 3.63) is 58.9 Å². The van der Waals surface area contributed by atoms with Crippen LogP contribution in [0.2, 0.25) is 0 Å². The van der Waals surface area contributed by atoms with Gasteiger partial charge in [0.25, 0.3) is 0 Å². The Morgan fingerprint density at radius 3 is 2.81 bits per heavy atom. The van der Waals surface area contributed by atoms with E-state index in [4.69, 9.17) is 4.74 Å². The lowest BCUT2D eigenvalue weighted by atomic mass is 9.85. The van der Waals surface area contributed by atoms with Gasteiger partial charge in [0, 0.05) is 31.7 Å². The molecule has 4 heteroatoms. The number of hydrogen-bond acceptors (Lipinski definition) is 4. The molecule has 2 aromatic rings. The molecular formula is C22H28N2O2. The number of likely N-dealkylation sites (tertiary alicyclic amines) is 1. The minimum atomic E-state index is -0.772. The monoisotopic (exact) mass is 352 g/mol. The van der Waals surface area contributed by atoms with E-state index in [2.05, 4.69) is 35.9 Å². The van der Waals surface area contributed by atoms with Crippen molar-refractivity contribution in [2.45, 2.75) is 38.8 Å². The molecule has 1 aliphatic heterocycles. The maximum atomic E-state index is 11.4. The predicted octanol–water partition coefficient (Wildman–Crippen LogP) is 3.44. The lowest BCUT2D eigenvalue weighted by Gasteiger charge is -2.29. The molecule has 0 amide bonds. The predicted molar refractivity (Wildman–Crippen MR) is 102 cm³/mol. The van der Waals surface area contributed by atoms with Gasteiger partial charge in [0.2, 0.25) is 0 Å². The lowest BCUT2D eigenvalue weighted by molar-refractivity contribution is -0.0108. The van der Waals surface area contributed by atoms with Crippen LogP contribution in [0.3, 0.4) is 0 Å². The van der Waals surface area contributed by atoms with Crippen LogP contribution in [0.15, 0.2) is 36.5 Å². The summed E-state index contributed by atoms with van der Waals surface area (Å²) < 4.78 is 5.43. The maximum Gasteiger partial charge on any atom is 0.122 e. The first kappa shape index (κ1) is 17.5. The van der Waals surface area contributed by atoms with Crippen molar-refractivity contribution in [1.29, 1.82) is 0 Å². The second-order valence-corrected chi connectivity index (χ2v) is 7.99. The second-order valence-electron chi connectivity index (χ2n) is 7.99. The van der Waals surface area contributed by atoms with E-state index < -0.39 is 5.60 Å². The molecule has 3 atom stereocenters. The molecule has 0 unspecified atom stereocenters. The molecular weight excluding hydrogens is 324 g/mol. The normalized spacial score (nSPS) is 28.3. The third-order valence-electron chi connectivity index (χ3n) is 6.38. The van der Waals surface area contributed by atoms with Gasteiger partial charge < -0.3 is 9.84 Å². The Hall–Kier alpha value is -1.91. The van der Waals surface area contributed by atoms with E-state index in [1.807, 2.05) is 18.2 Å². The first-order valence-corrected chi connectivity index (χ1v) is 9.51. The molecule has 1 saturated heterocycles. The summed E-state index contributed by atoms with van der Waals surface area (Å²) >= 11 is 0. The van der Waals surface area contributed by atoms with Crippen LogP contribution >= 0.6 is 0 Å². The van der Waals surface area contributed by atoms with Crippen LogP contribution in [0.4, 0.5) is 0 Å². The number of pyridine rings is 1. The summed E-state index contributed by atoms with van der Waals surface area (Å²) in [7, 11) is 1.72. The summed E-state index contributed by atoms with van der Waals surface area (Å²) in [6, 6.07) is 10.2. The van der Waals surface area contributed by atoms with E-state index in [0.717, 1.165) is 43.9 Å². The maximum absolute atomic E-state index is 11.4. The van der Waals surface area contributed by atoms with Crippen LogP contribution < -0.4 is 4.74 Å². The van der Waals surface area contributed by atoms with Crippen molar-refractivity contribution in [2.24, 2.45) is 11.8 Å². The Labute approximate surface area is 155 Å². The molecule has 138 valence electrons. The van der Waals surface area contributed by atoms with Gasteiger partial charge in [0.15, 0.2) is 0 Å². The average Bonchev–Trinajstić information content (AvgIpc) is 3.19. The standard InChI is InChI=1S/C22H28N2O2/c1-15-11-20(26-3)16(2)10-18(15)13-24-12-17-7-8-22(25,19(17)14-24)21-6-4-5-9-23-21/h4-6,9-11,17,19,25H,7-8,12-14H2,1-3H3/t17-,19+,22-/m0/s1. The molecule has 1 saturated carbocycles. The van der Waals surface area contributed by atoms with Gasteiger partial charge in [-0.2, -0.15) is 0 Å². The highest BCUT2D eigenvalue weighted by Gasteiger charge is 2.52. The molecule has 1 aromatic heterocycles. The summed E-state index contributed by atoms with van der Waals surface area (Å²) in [6.45, 7) is 7.17. The van der Waals surface area contributed by atoms with E-state index in [9.17, 15) is 5.11 Å². The molecule has 2 fully saturated rings. The number of hydrogen-bond donors (Lipinski definition) is 1. The number of aromatic nitrogens is 1. The van der Waals surface area contributed by atoms with Gasteiger partial charge in [0.05, 0.1) is 12.8 Å². The number of aryl methyl sites for hydroxylation is 2. The fraction of sp³-hybridized carbons (Fsp3) is 0.500. The van der Waals surface area contributed by atoms with E-state index in [1.54, 1.807) is 13.3 Å². The van der Waals surface area contributed by atoms with Crippen molar-refractivity contribution in [2.75, 3.05) is 20.2 Å². The van der Waals surface area contributed by atoms with Crippen LogP contribution in [-0.2, 0) is 12.1 Å². The Balaban J connectivity index is 1.52. The van der Waals surface area contributed by atoms with Gasteiger partial charge in [-0.1, -0.05) is 12.1 Å². The van der Waals surface area contributed by atoms with Crippen LogP contribution in [-0.4, -0.2) is 35.2 Å². The van der Waals surface area contributed by atoms with Crippen molar-refractivity contribution in [1.82, 2.24) is 9.88 Å². The molecule has 1 aromatic carbocycles. The van der Waals surface area contributed by atoms with Crippen molar-refractivity contribution >= 4 is 0 Å². The Morgan fingerprint density at radius 1 is 1.23 bits per heavy atom. The molecule has 4 rings (SSSR count). The number of methoxy groups -OCH3 is 1. The fourth-order valence-electron chi connectivity index (χ4n) is 4.93. The Bertz CT molecular complexity index is 792. The molecule has 0 bridgehead atoms. The topological polar surface area (TPSA) is 45.6 Å². The largest absolute Gasteiger partial charge is 0.496 e. The minimum Gasteiger partial charge on any atom is -0.496 e. The molecule has 4 nitrogen and oxygen atoms in total. The molecule has 26 heavy (non-hydrogen) atoms. The second kappa shape index (κ2) is 6.67. The Morgan fingerprint density at radius 2 is 2.08 bits per heavy atom. The minimum absolute atomic E-state index is 0.275. The molecule has 1 aliphatic carbocycles. The number of fused-ring (bicyclic) bond motifs is 1.